The molecule has 1 amide bonds. The van der Waals surface area contributed by atoms with Crippen molar-refractivity contribution in [1.29, 1.82) is 0 Å². The van der Waals surface area contributed by atoms with E-state index in [9.17, 15) is 47.7 Å². The average molecular weight is 1030 g/mol. The highest BCUT2D eigenvalue weighted by Crippen LogP contribution is 2.38. The van der Waals surface area contributed by atoms with Gasteiger partial charge in [-0.25, -0.2) is 4.79 Å². The van der Waals surface area contributed by atoms with Crippen molar-refractivity contribution in [3.8, 4) is 0 Å². The van der Waals surface area contributed by atoms with Crippen LogP contribution in [-0.4, -0.2) is 125 Å². The summed E-state index contributed by atoms with van der Waals surface area (Å²) in [7, 11) is 2.95. The third-order valence-corrected chi connectivity index (χ3v) is 15.6. The maximum atomic E-state index is 14.5. The summed E-state index contributed by atoms with van der Waals surface area (Å²) in [6.45, 7) is 10.9. The molecule has 15 atom stereocenters. The van der Waals surface area contributed by atoms with E-state index in [0.29, 0.717) is 68.9 Å². The summed E-state index contributed by atoms with van der Waals surface area (Å²) in [6, 6.07) is 2.37. The van der Waals surface area contributed by atoms with Gasteiger partial charge in [-0.15, -0.1) is 0 Å². The monoisotopic (exact) mass is 1030 g/mol. The third kappa shape index (κ3) is 16.1. The number of halogens is 3. The summed E-state index contributed by atoms with van der Waals surface area (Å²) in [5.74, 6) is -7.26. The molecular formula is C56H82F3N3O11. The largest absolute Gasteiger partial charge is 0.461 e. The van der Waals surface area contributed by atoms with Crippen LogP contribution < -0.4 is 11.1 Å². The molecule has 3 fully saturated rings. The predicted molar refractivity (Wildman–Crippen MR) is 272 cm³/mol. The van der Waals surface area contributed by atoms with Crippen LogP contribution in [0.2, 0.25) is 0 Å². The number of benzene rings is 1. The van der Waals surface area contributed by atoms with Gasteiger partial charge < -0.3 is 50.2 Å². The molecule has 1 aromatic carbocycles. The number of aliphatic hydroxyl groups excluding tert-OH is 2. The second-order valence-corrected chi connectivity index (χ2v) is 21.4. The number of rotatable bonds is 7. The van der Waals surface area contributed by atoms with Crippen molar-refractivity contribution in [1.82, 2.24) is 4.90 Å². The molecule has 5 rings (SSSR count). The van der Waals surface area contributed by atoms with Crippen LogP contribution in [0.25, 0.3) is 0 Å². The number of piperidine rings is 1. The van der Waals surface area contributed by atoms with E-state index in [2.05, 4.69) is 5.32 Å². The molecule has 2 bridgehead atoms. The first-order valence-electron chi connectivity index (χ1n) is 26.3. The number of nitrogens with one attached hydrogen (secondary N) is 1. The lowest BCUT2D eigenvalue weighted by Gasteiger charge is -2.43. The van der Waals surface area contributed by atoms with Crippen LogP contribution in [0.5, 0.6) is 0 Å². The zero-order valence-electron chi connectivity index (χ0n) is 44.0. The Balaban J connectivity index is 1.50. The Bertz CT molecular complexity index is 2150. The number of esters is 1. The second kappa shape index (κ2) is 27.0. The number of alkyl halides is 3. The minimum atomic E-state index is -4.59. The van der Waals surface area contributed by atoms with E-state index in [0.717, 1.165) is 18.6 Å². The lowest BCUT2D eigenvalue weighted by molar-refractivity contribution is -0.263. The minimum Gasteiger partial charge on any atom is -0.461 e. The number of fused-ring (bicyclic) bond motifs is 3. The molecule has 2 saturated heterocycles. The van der Waals surface area contributed by atoms with E-state index in [1.54, 1.807) is 59.1 Å². The number of Topliss-reactive ketones (excluding diaryl/α,β-unsaturated/α-hetero) is 2. The molecule has 4 aliphatic rings. The molecule has 3 unspecified atom stereocenters. The average Bonchev–Trinajstić information content (AvgIpc) is 3.35. The van der Waals surface area contributed by atoms with Crippen LogP contribution in [0, 0.1) is 29.6 Å². The number of allylic oxidation sites excluding steroid dienone is 5. The van der Waals surface area contributed by atoms with Crippen LogP contribution in [0.15, 0.2) is 71.9 Å². The summed E-state index contributed by atoms with van der Waals surface area (Å²) in [5.41, 5.74) is 7.16. The number of carbonyl (C=O) groups is 4. The van der Waals surface area contributed by atoms with Crippen molar-refractivity contribution in [3.63, 3.8) is 0 Å². The van der Waals surface area contributed by atoms with Gasteiger partial charge in [-0.1, -0.05) is 75.8 Å². The lowest BCUT2D eigenvalue weighted by Crippen LogP contribution is -2.61. The van der Waals surface area contributed by atoms with Crippen molar-refractivity contribution in [2.45, 2.75) is 192 Å². The van der Waals surface area contributed by atoms with Crippen LogP contribution >= 0.6 is 0 Å². The van der Waals surface area contributed by atoms with Gasteiger partial charge in [0.05, 0.1) is 23.9 Å². The highest BCUT2D eigenvalue weighted by atomic mass is 19.4. The third-order valence-electron chi connectivity index (χ3n) is 15.6. The van der Waals surface area contributed by atoms with Gasteiger partial charge in [-0.2, -0.15) is 13.2 Å². The zero-order chi connectivity index (χ0) is 53.8. The highest BCUT2D eigenvalue weighted by molar-refractivity contribution is 6.39. The Kier molecular flexibility index (Phi) is 22.1. The molecule has 0 spiro atoms. The number of hydrogen-bond donors (Lipinski definition) is 5. The Hall–Kier alpha value is -4.23. The molecule has 0 aromatic heterocycles. The van der Waals surface area contributed by atoms with E-state index >= 15 is 0 Å². The van der Waals surface area contributed by atoms with Gasteiger partial charge >= 0.3 is 12.1 Å². The Morgan fingerprint density at radius 1 is 0.904 bits per heavy atom. The number of hydrogen-bond acceptors (Lipinski definition) is 13. The molecule has 0 radical (unpaired) electrons. The fourth-order valence-electron chi connectivity index (χ4n) is 11.0. The minimum absolute atomic E-state index is 0.0524. The first-order chi connectivity index (χ1) is 34.5. The number of carbonyl (C=O) groups excluding carboxylic acids is 4. The van der Waals surface area contributed by atoms with Gasteiger partial charge in [0.2, 0.25) is 5.79 Å². The van der Waals surface area contributed by atoms with Gasteiger partial charge in [0, 0.05) is 50.4 Å². The van der Waals surface area contributed by atoms with Crippen molar-refractivity contribution >= 4 is 29.1 Å². The summed E-state index contributed by atoms with van der Waals surface area (Å²) in [6.07, 6.45) is 7.00. The molecule has 6 N–H and O–H groups in total. The van der Waals surface area contributed by atoms with E-state index in [4.69, 9.17) is 24.7 Å². The topological polar surface area (TPSA) is 207 Å². The van der Waals surface area contributed by atoms with Gasteiger partial charge in [0.25, 0.3) is 11.7 Å². The van der Waals surface area contributed by atoms with Crippen molar-refractivity contribution < 1.29 is 66.6 Å². The van der Waals surface area contributed by atoms with Crippen molar-refractivity contribution in [2.75, 3.05) is 26.1 Å². The van der Waals surface area contributed by atoms with Crippen molar-refractivity contribution in [3.05, 3.63) is 77.4 Å². The lowest BCUT2D eigenvalue weighted by atomic mass is 9.78. The molecule has 14 nitrogen and oxygen atoms in total. The number of amides is 1. The quantitative estimate of drug-likeness (QED) is 0.0994. The molecule has 1 aliphatic carbocycles. The number of anilines is 1. The molecule has 1 aromatic rings. The highest BCUT2D eigenvalue weighted by Gasteiger charge is 2.53. The van der Waals surface area contributed by atoms with E-state index in [-0.39, 0.29) is 61.1 Å². The Labute approximate surface area is 430 Å². The fourth-order valence-corrected chi connectivity index (χ4v) is 11.0. The summed E-state index contributed by atoms with van der Waals surface area (Å²) >= 11 is 0. The number of aliphatic hydroxyl groups is 3. The Morgan fingerprint density at radius 3 is 2.34 bits per heavy atom. The number of ether oxygens (including phenoxy) is 4. The van der Waals surface area contributed by atoms with E-state index in [1.165, 1.54) is 24.1 Å². The van der Waals surface area contributed by atoms with Crippen LogP contribution in [-0.2, 0) is 44.3 Å². The number of nitrogens with two attached hydrogens (primary N) is 1. The zero-order valence-corrected chi connectivity index (χ0v) is 44.0. The number of cyclic esters (lactones) is 1. The molecule has 17 heteroatoms. The van der Waals surface area contributed by atoms with Crippen LogP contribution in [0.4, 0.5) is 18.9 Å². The fraction of sp³-hybridized carbons (Fsp3) is 0.679. The normalized spacial score (nSPS) is 37.4. The van der Waals surface area contributed by atoms with Gasteiger partial charge in [0.1, 0.15) is 24.4 Å². The standard InChI is InChI=1S/C56H82F3N3O11/c1-33-15-10-9-11-16-34(2)44(61-42-18-14-17-40(31-42)56(57,58)59)32-43-23-20-38(6)55(69,73-43)52(66)53(67)62-26-13-12-19-45(62)54(68)72-47(35(3)28-39-21-24-46(63)48(30-39)70-7)25-22-41(60)29-37(5)50(65)51(71-8)49(64)36(4)27-33/h9-11,14-18,29,31,33,35-36,38-39,41,43-48,50-51,61,63,65,69H,12-13,19-28,30,32,60H2,1-8H3/b11-9+,15-10+,34-16+,37-29+/t33-,35-,36-,38?,39?,41+,43+,44?,45+,46-,47+,48-,50-,51+,55-/m1/s1. The summed E-state index contributed by atoms with van der Waals surface area (Å²) in [5, 5.41) is 37.4. The van der Waals surface area contributed by atoms with Gasteiger partial charge in [0.15, 0.2) is 5.78 Å². The van der Waals surface area contributed by atoms with Gasteiger partial charge in [-0.05, 0) is 139 Å². The summed E-state index contributed by atoms with van der Waals surface area (Å²) in [4.78, 5) is 58.3. The molecule has 408 valence electrons. The first kappa shape index (κ1) is 59.6. The number of methoxy groups -OCH3 is 2. The van der Waals surface area contributed by atoms with E-state index in [1.807, 2.05) is 26.0 Å². The van der Waals surface area contributed by atoms with Crippen LogP contribution in [0.3, 0.4) is 0 Å². The molecule has 1 saturated carbocycles. The SMILES string of the molecule is CO[C@@H]1CC(C[C@@H](C)[C@@H]2CC[C@H](N)/C=C(\C)[C@@H](O)[C@@H](OC)C(=O)[C@H](C)C[C@H](C)/C=C/C=C/C=C(\C)C(Nc3cccc(C(F)(F)F)c3)C[C@@H]3CCC(C)[C@@](O)(O3)C(=O)C(=O)N3CCCC[C@H]3C(=O)O2)CC[C@H]1O. The molecule has 73 heavy (non-hydrogen) atoms. The predicted octanol–water partition coefficient (Wildman–Crippen LogP) is 8.18. The number of nitrogens with zero attached hydrogens (tertiary/aromatic N) is 1. The second-order valence-electron chi connectivity index (χ2n) is 21.4. The molecule has 3 heterocycles. The van der Waals surface area contributed by atoms with Crippen LogP contribution in [0.1, 0.15) is 131 Å². The maximum absolute atomic E-state index is 14.5. The smallest absolute Gasteiger partial charge is 0.416 e. The summed E-state index contributed by atoms with van der Waals surface area (Å²) < 4.78 is 65.2. The maximum Gasteiger partial charge on any atom is 0.416 e. The molecular weight excluding hydrogens is 948 g/mol. The number of ketones is 2. The van der Waals surface area contributed by atoms with Gasteiger partial charge in [-0.3, -0.25) is 14.4 Å². The first-order valence-corrected chi connectivity index (χ1v) is 26.3. The molecule has 3 aliphatic heterocycles. The van der Waals surface area contributed by atoms with E-state index < -0.39 is 95.7 Å². The van der Waals surface area contributed by atoms with Crippen molar-refractivity contribution in [2.24, 2.45) is 35.3 Å². The Morgan fingerprint density at radius 2 is 1.64 bits per heavy atom.